The number of ether oxygens (including phenoxy) is 1. The molecule has 0 radical (unpaired) electrons. The van der Waals surface area contributed by atoms with E-state index in [2.05, 4.69) is 0 Å². The van der Waals surface area contributed by atoms with E-state index in [-0.39, 0.29) is 11.9 Å². The van der Waals surface area contributed by atoms with Gasteiger partial charge in [-0.1, -0.05) is 29.8 Å². The maximum Gasteiger partial charge on any atom is 0.257 e. The summed E-state index contributed by atoms with van der Waals surface area (Å²) in [6, 6.07) is 15.7. The lowest BCUT2D eigenvalue weighted by atomic mass is 10.0. The molecule has 1 atom stereocenters. The fraction of sp³-hybridized carbons (Fsp3) is 0.304. The lowest BCUT2D eigenvalue weighted by molar-refractivity contribution is 0.0709. The van der Waals surface area contributed by atoms with Crippen LogP contribution in [0.2, 0.25) is 0 Å². The van der Waals surface area contributed by atoms with Crippen molar-refractivity contribution in [1.82, 2.24) is 14.7 Å². The molecule has 1 aliphatic heterocycles. The molecule has 0 spiro atoms. The molecule has 2 N–H and O–H groups in total. The molecule has 1 saturated heterocycles. The number of likely N-dealkylation sites (tertiary alicyclic amines) is 1. The highest BCUT2D eigenvalue weighted by atomic mass is 16.5. The van der Waals surface area contributed by atoms with Crippen molar-refractivity contribution in [3.8, 4) is 22.7 Å². The van der Waals surface area contributed by atoms with E-state index >= 15 is 0 Å². The van der Waals surface area contributed by atoms with Crippen LogP contribution in [0.25, 0.3) is 16.9 Å². The van der Waals surface area contributed by atoms with Crippen molar-refractivity contribution in [1.29, 1.82) is 0 Å². The lowest BCUT2D eigenvalue weighted by Crippen LogP contribution is -2.45. The zero-order chi connectivity index (χ0) is 20.4. The van der Waals surface area contributed by atoms with Crippen LogP contribution < -0.4 is 10.5 Å². The molecule has 29 heavy (non-hydrogen) atoms. The van der Waals surface area contributed by atoms with Crippen LogP contribution in [0.4, 0.5) is 0 Å². The van der Waals surface area contributed by atoms with Crippen molar-refractivity contribution in [2.45, 2.75) is 25.8 Å². The predicted octanol–water partition coefficient (Wildman–Crippen LogP) is 3.42. The van der Waals surface area contributed by atoms with E-state index < -0.39 is 0 Å². The van der Waals surface area contributed by atoms with Crippen molar-refractivity contribution < 1.29 is 9.53 Å². The first-order valence-electron chi connectivity index (χ1n) is 9.91. The summed E-state index contributed by atoms with van der Waals surface area (Å²) < 4.78 is 7.13. The van der Waals surface area contributed by atoms with Crippen LogP contribution in [0.3, 0.4) is 0 Å². The summed E-state index contributed by atoms with van der Waals surface area (Å²) in [5, 5.41) is 4.77. The molecular formula is C23H26N4O2. The minimum absolute atomic E-state index is 0.0279. The zero-order valence-electron chi connectivity index (χ0n) is 16.8. The Kier molecular flexibility index (Phi) is 5.36. The third kappa shape index (κ3) is 4.03. The van der Waals surface area contributed by atoms with Crippen molar-refractivity contribution in [3.05, 3.63) is 65.9 Å². The molecule has 4 rings (SSSR count). The first-order chi connectivity index (χ1) is 14.0. The monoisotopic (exact) mass is 390 g/mol. The Bertz CT molecular complexity index is 1010. The van der Waals surface area contributed by atoms with Gasteiger partial charge in [0.05, 0.1) is 18.4 Å². The molecule has 1 aromatic heterocycles. The van der Waals surface area contributed by atoms with Crippen LogP contribution in [-0.4, -0.2) is 46.8 Å². The molecule has 1 aliphatic rings. The number of piperidine rings is 1. The van der Waals surface area contributed by atoms with Crippen molar-refractivity contribution in [3.63, 3.8) is 0 Å². The number of aromatic nitrogens is 2. The minimum Gasteiger partial charge on any atom is -0.497 e. The van der Waals surface area contributed by atoms with Gasteiger partial charge in [0.2, 0.25) is 0 Å². The summed E-state index contributed by atoms with van der Waals surface area (Å²) >= 11 is 0. The van der Waals surface area contributed by atoms with Gasteiger partial charge in [0.25, 0.3) is 5.91 Å². The first-order valence-corrected chi connectivity index (χ1v) is 9.91. The third-order valence-electron chi connectivity index (χ3n) is 5.33. The van der Waals surface area contributed by atoms with Crippen LogP contribution in [0, 0.1) is 6.92 Å². The number of aryl methyl sites for hydroxylation is 1. The summed E-state index contributed by atoms with van der Waals surface area (Å²) in [6.07, 6.45) is 3.70. The quantitative estimate of drug-likeness (QED) is 0.741. The van der Waals surface area contributed by atoms with E-state index in [4.69, 9.17) is 15.6 Å². The fourth-order valence-electron chi connectivity index (χ4n) is 3.71. The van der Waals surface area contributed by atoms with Gasteiger partial charge < -0.3 is 15.4 Å². The Balaban J connectivity index is 1.78. The lowest BCUT2D eigenvalue weighted by Gasteiger charge is -2.30. The Morgan fingerprint density at radius 1 is 1.21 bits per heavy atom. The number of methoxy groups -OCH3 is 1. The fourth-order valence-corrected chi connectivity index (χ4v) is 3.71. The largest absolute Gasteiger partial charge is 0.497 e. The minimum atomic E-state index is -0.0312. The third-order valence-corrected chi connectivity index (χ3v) is 5.33. The van der Waals surface area contributed by atoms with Crippen LogP contribution in [0.1, 0.15) is 28.8 Å². The summed E-state index contributed by atoms with van der Waals surface area (Å²) in [4.78, 5) is 15.2. The average Bonchev–Trinajstić information content (AvgIpc) is 3.19. The van der Waals surface area contributed by atoms with Crippen molar-refractivity contribution in [2.75, 3.05) is 20.2 Å². The van der Waals surface area contributed by atoms with Gasteiger partial charge in [0.15, 0.2) is 0 Å². The second-order valence-electron chi connectivity index (χ2n) is 7.56. The molecule has 2 aromatic carbocycles. The summed E-state index contributed by atoms with van der Waals surface area (Å²) in [5.74, 6) is 0.696. The molecule has 0 aliphatic carbocycles. The van der Waals surface area contributed by atoms with Gasteiger partial charge in [-0.15, -0.1) is 0 Å². The van der Waals surface area contributed by atoms with Crippen LogP contribution in [0.5, 0.6) is 5.75 Å². The average molecular weight is 390 g/mol. The Labute approximate surface area is 170 Å². The van der Waals surface area contributed by atoms with Gasteiger partial charge >= 0.3 is 0 Å². The highest BCUT2D eigenvalue weighted by Gasteiger charge is 2.27. The van der Waals surface area contributed by atoms with Gasteiger partial charge in [0, 0.05) is 30.9 Å². The number of amides is 1. The maximum atomic E-state index is 13.4. The number of carbonyl (C=O) groups is 1. The number of nitrogens with zero attached hydrogens (tertiary/aromatic N) is 3. The molecule has 3 aromatic rings. The Hall–Kier alpha value is -3.12. The Morgan fingerprint density at radius 3 is 2.72 bits per heavy atom. The summed E-state index contributed by atoms with van der Waals surface area (Å²) in [7, 11) is 1.63. The smallest absolute Gasteiger partial charge is 0.257 e. The standard InChI is InChI=1S/C23H26N4O2/c1-16-8-10-19(11-9-16)27-15-21(23(28)26-12-4-6-18(24)14-26)22(25-27)17-5-3-7-20(13-17)29-2/h3,5,7-11,13,15,18H,4,6,12,14,24H2,1-2H3. The molecular weight excluding hydrogens is 364 g/mol. The second kappa shape index (κ2) is 8.09. The number of hydrogen-bond donors (Lipinski definition) is 1. The summed E-state index contributed by atoms with van der Waals surface area (Å²) in [6.45, 7) is 3.34. The zero-order valence-corrected chi connectivity index (χ0v) is 16.8. The molecule has 6 heteroatoms. The van der Waals surface area contributed by atoms with Crippen molar-refractivity contribution in [2.24, 2.45) is 5.73 Å². The molecule has 6 nitrogen and oxygen atoms in total. The number of carbonyl (C=O) groups excluding carboxylic acids is 1. The maximum absolute atomic E-state index is 13.4. The topological polar surface area (TPSA) is 73.4 Å². The second-order valence-corrected chi connectivity index (χ2v) is 7.56. The SMILES string of the molecule is COc1cccc(-c2nn(-c3ccc(C)cc3)cc2C(=O)N2CCCC(N)C2)c1. The number of hydrogen-bond acceptors (Lipinski definition) is 4. The van der Waals surface area contributed by atoms with E-state index in [1.807, 2.05) is 66.6 Å². The normalized spacial score (nSPS) is 16.7. The molecule has 1 fully saturated rings. The van der Waals surface area contributed by atoms with Gasteiger partial charge in [-0.2, -0.15) is 5.10 Å². The van der Waals surface area contributed by atoms with E-state index in [1.165, 1.54) is 5.56 Å². The van der Waals surface area contributed by atoms with E-state index in [0.717, 1.165) is 36.4 Å². The predicted molar refractivity (Wildman–Crippen MR) is 113 cm³/mol. The molecule has 1 unspecified atom stereocenters. The van der Waals surface area contributed by atoms with E-state index in [9.17, 15) is 4.79 Å². The van der Waals surface area contributed by atoms with Crippen LogP contribution in [0.15, 0.2) is 54.7 Å². The van der Waals surface area contributed by atoms with Crippen molar-refractivity contribution >= 4 is 5.91 Å². The van der Waals surface area contributed by atoms with Gasteiger partial charge in [-0.05, 0) is 44.0 Å². The molecule has 1 amide bonds. The molecule has 150 valence electrons. The summed E-state index contributed by atoms with van der Waals surface area (Å²) in [5.41, 5.74) is 10.3. The van der Waals surface area contributed by atoms with E-state index in [0.29, 0.717) is 17.8 Å². The van der Waals surface area contributed by atoms with E-state index in [1.54, 1.807) is 11.8 Å². The number of nitrogens with two attached hydrogens (primary N) is 1. The molecule has 2 heterocycles. The van der Waals surface area contributed by atoms with Gasteiger partial charge in [0.1, 0.15) is 11.4 Å². The molecule has 0 saturated carbocycles. The highest BCUT2D eigenvalue weighted by molar-refractivity contribution is 6.00. The Morgan fingerprint density at radius 2 is 2.00 bits per heavy atom. The highest BCUT2D eigenvalue weighted by Crippen LogP contribution is 2.28. The number of benzene rings is 2. The van der Waals surface area contributed by atoms with Crippen LogP contribution >= 0.6 is 0 Å². The van der Waals surface area contributed by atoms with Crippen LogP contribution in [-0.2, 0) is 0 Å². The number of rotatable bonds is 4. The molecule has 0 bridgehead atoms. The van der Waals surface area contributed by atoms with Gasteiger partial charge in [-0.3, -0.25) is 4.79 Å². The van der Waals surface area contributed by atoms with Gasteiger partial charge in [-0.25, -0.2) is 4.68 Å². The first kappa shape index (κ1) is 19.2.